The molecule has 0 aromatic carbocycles. The Morgan fingerprint density at radius 1 is 1.18 bits per heavy atom. The second kappa shape index (κ2) is 2.82. The van der Waals surface area contributed by atoms with Crippen molar-refractivity contribution >= 4 is 0 Å². The molecule has 11 heavy (non-hydrogen) atoms. The van der Waals surface area contributed by atoms with Crippen molar-refractivity contribution in [3.05, 3.63) is 24.3 Å². The lowest BCUT2D eigenvalue weighted by molar-refractivity contribution is 0.0976. The summed E-state index contributed by atoms with van der Waals surface area (Å²) in [7, 11) is 1.80. The average Bonchev–Trinajstić information content (AvgIpc) is 2.87. The van der Waals surface area contributed by atoms with Gasteiger partial charge in [-0.3, -0.25) is 0 Å². The molecule has 0 aliphatic heterocycles. The van der Waals surface area contributed by atoms with Crippen molar-refractivity contribution < 1.29 is 4.74 Å². The molecule has 0 aromatic heterocycles. The molecule has 1 heteroatoms. The van der Waals surface area contributed by atoms with Gasteiger partial charge in [-0.2, -0.15) is 0 Å². The minimum Gasteiger partial charge on any atom is -0.377 e. The second-order valence-electron chi connectivity index (χ2n) is 3.38. The molecule has 1 saturated carbocycles. The number of methoxy groups -OCH3 is 1. The molecule has 60 valence electrons. The van der Waals surface area contributed by atoms with Crippen LogP contribution in [0.3, 0.4) is 0 Å². The van der Waals surface area contributed by atoms with Gasteiger partial charge in [0.1, 0.15) is 0 Å². The van der Waals surface area contributed by atoms with Crippen LogP contribution in [0.25, 0.3) is 0 Å². The molecule has 1 nitrogen and oxygen atoms in total. The van der Waals surface area contributed by atoms with Gasteiger partial charge in [0.05, 0.1) is 6.10 Å². The van der Waals surface area contributed by atoms with Gasteiger partial charge in [0.2, 0.25) is 0 Å². The lowest BCUT2D eigenvalue weighted by Crippen LogP contribution is -2.22. The first-order valence-electron chi connectivity index (χ1n) is 4.29. The van der Waals surface area contributed by atoms with E-state index in [-0.39, 0.29) is 0 Å². The van der Waals surface area contributed by atoms with Crippen LogP contribution in [-0.2, 0) is 4.74 Å². The van der Waals surface area contributed by atoms with Gasteiger partial charge < -0.3 is 4.74 Å². The van der Waals surface area contributed by atoms with E-state index in [1.807, 2.05) is 0 Å². The predicted molar refractivity (Wildman–Crippen MR) is 45.3 cm³/mol. The molecule has 0 spiro atoms. The summed E-state index contributed by atoms with van der Waals surface area (Å²) in [5.41, 5.74) is 0. The van der Waals surface area contributed by atoms with E-state index < -0.39 is 0 Å². The molecule has 0 radical (unpaired) electrons. The van der Waals surface area contributed by atoms with Gasteiger partial charge in [0, 0.05) is 13.0 Å². The summed E-state index contributed by atoms with van der Waals surface area (Å²) in [5.74, 6) is 1.56. The largest absolute Gasteiger partial charge is 0.377 e. The van der Waals surface area contributed by atoms with Crippen molar-refractivity contribution in [1.82, 2.24) is 0 Å². The highest BCUT2D eigenvalue weighted by Crippen LogP contribution is 2.41. The maximum Gasteiger partial charge on any atom is 0.0820 e. The van der Waals surface area contributed by atoms with Crippen molar-refractivity contribution in [1.29, 1.82) is 0 Å². The number of hydrogen-bond acceptors (Lipinski definition) is 1. The summed E-state index contributed by atoms with van der Waals surface area (Å²) in [6.45, 7) is 0. The minimum absolute atomic E-state index is 0.340. The van der Waals surface area contributed by atoms with Crippen molar-refractivity contribution in [3.63, 3.8) is 0 Å². The van der Waals surface area contributed by atoms with E-state index in [0.29, 0.717) is 12.0 Å². The molecular formula is C10H14O. The van der Waals surface area contributed by atoms with Crippen molar-refractivity contribution in [3.8, 4) is 0 Å². The molecule has 0 amide bonds. The number of ether oxygens (including phenoxy) is 1. The monoisotopic (exact) mass is 150 g/mol. The Hall–Kier alpha value is -0.560. The van der Waals surface area contributed by atoms with E-state index in [2.05, 4.69) is 24.3 Å². The zero-order chi connectivity index (χ0) is 7.68. The summed E-state index contributed by atoms with van der Waals surface area (Å²) >= 11 is 0. The summed E-state index contributed by atoms with van der Waals surface area (Å²) in [6, 6.07) is 0. The lowest BCUT2D eigenvalue weighted by Gasteiger charge is -2.22. The van der Waals surface area contributed by atoms with E-state index in [4.69, 9.17) is 4.74 Å². The van der Waals surface area contributed by atoms with Gasteiger partial charge in [-0.05, 0) is 18.8 Å². The van der Waals surface area contributed by atoms with Crippen LogP contribution in [0.4, 0.5) is 0 Å². The van der Waals surface area contributed by atoms with Crippen LogP contribution in [0, 0.1) is 11.8 Å². The van der Waals surface area contributed by atoms with Crippen molar-refractivity contribution in [2.24, 2.45) is 11.8 Å². The first-order valence-corrected chi connectivity index (χ1v) is 4.29. The van der Waals surface area contributed by atoms with Gasteiger partial charge in [0.15, 0.2) is 0 Å². The molecule has 0 saturated heterocycles. The Bertz CT molecular complexity index is 189. The molecule has 0 aromatic rings. The Labute approximate surface area is 67.7 Å². The van der Waals surface area contributed by atoms with Gasteiger partial charge in [-0.25, -0.2) is 0 Å². The SMILES string of the molecule is COC1C=CC=CC1C1CC1. The summed E-state index contributed by atoms with van der Waals surface area (Å²) in [6.07, 6.45) is 11.8. The standard InChI is InChI=1S/C10H14O/c1-11-10-5-3-2-4-9(10)8-6-7-8/h2-5,8-10H,6-7H2,1H3. The molecular weight excluding hydrogens is 136 g/mol. The zero-order valence-electron chi connectivity index (χ0n) is 6.86. The van der Waals surface area contributed by atoms with E-state index in [0.717, 1.165) is 5.92 Å². The fraction of sp³-hybridized carbons (Fsp3) is 0.600. The molecule has 0 heterocycles. The highest BCUT2D eigenvalue weighted by molar-refractivity contribution is 5.17. The Morgan fingerprint density at radius 3 is 2.55 bits per heavy atom. The first kappa shape index (κ1) is 7.11. The van der Waals surface area contributed by atoms with Crippen molar-refractivity contribution in [2.45, 2.75) is 18.9 Å². The van der Waals surface area contributed by atoms with Gasteiger partial charge in [-0.1, -0.05) is 24.3 Å². The van der Waals surface area contributed by atoms with Crippen LogP contribution in [0.5, 0.6) is 0 Å². The Kier molecular flexibility index (Phi) is 1.82. The molecule has 0 bridgehead atoms. The maximum atomic E-state index is 5.37. The molecule has 0 N–H and O–H groups in total. The second-order valence-corrected chi connectivity index (χ2v) is 3.38. The van der Waals surface area contributed by atoms with Crippen LogP contribution >= 0.6 is 0 Å². The van der Waals surface area contributed by atoms with Crippen LogP contribution in [-0.4, -0.2) is 13.2 Å². The first-order chi connectivity index (χ1) is 5.42. The van der Waals surface area contributed by atoms with Gasteiger partial charge in [-0.15, -0.1) is 0 Å². The molecule has 1 fully saturated rings. The van der Waals surface area contributed by atoms with Gasteiger partial charge >= 0.3 is 0 Å². The third kappa shape index (κ3) is 1.38. The number of hydrogen-bond donors (Lipinski definition) is 0. The van der Waals surface area contributed by atoms with Crippen molar-refractivity contribution in [2.75, 3.05) is 7.11 Å². The number of allylic oxidation sites excluding steroid dienone is 2. The summed E-state index contributed by atoms with van der Waals surface area (Å²) in [4.78, 5) is 0. The lowest BCUT2D eigenvalue weighted by atomic mass is 9.93. The maximum absolute atomic E-state index is 5.37. The highest BCUT2D eigenvalue weighted by Gasteiger charge is 2.34. The molecule has 2 atom stereocenters. The van der Waals surface area contributed by atoms with Crippen LogP contribution in [0.15, 0.2) is 24.3 Å². The zero-order valence-corrected chi connectivity index (χ0v) is 6.86. The molecule has 2 aliphatic carbocycles. The van der Waals surface area contributed by atoms with Crippen LogP contribution in [0.1, 0.15) is 12.8 Å². The molecule has 2 rings (SSSR count). The van der Waals surface area contributed by atoms with E-state index >= 15 is 0 Å². The van der Waals surface area contributed by atoms with Crippen LogP contribution < -0.4 is 0 Å². The summed E-state index contributed by atoms with van der Waals surface area (Å²) < 4.78 is 5.37. The van der Waals surface area contributed by atoms with Crippen LogP contribution in [0.2, 0.25) is 0 Å². The molecule has 2 aliphatic rings. The third-order valence-corrected chi connectivity index (χ3v) is 2.56. The smallest absolute Gasteiger partial charge is 0.0820 e. The normalized spacial score (nSPS) is 36.1. The predicted octanol–water partition coefficient (Wildman–Crippen LogP) is 2.15. The third-order valence-electron chi connectivity index (χ3n) is 2.56. The highest BCUT2D eigenvalue weighted by atomic mass is 16.5. The average molecular weight is 150 g/mol. The fourth-order valence-electron chi connectivity index (χ4n) is 1.75. The Morgan fingerprint density at radius 2 is 1.91 bits per heavy atom. The minimum atomic E-state index is 0.340. The Balaban J connectivity index is 2.04. The molecule has 2 unspecified atom stereocenters. The number of rotatable bonds is 2. The topological polar surface area (TPSA) is 9.23 Å². The van der Waals surface area contributed by atoms with E-state index in [1.165, 1.54) is 12.8 Å². The van der Waals surface area contributed by atoms with E-state index in [9.17, 15) is 0 Å². The quantitative estimate of drug-likeness (QED) is 0.586. The fourth-order valence-corrected chi connectivity index (χ4v) is 1.75. The van der Waals surface area contributed by atoms with Gasteiger partial charge in [0.25, 0.3) is 0 Å². The summed E-state index contributed by atoms with van der Waals surface area (Å²) in [5, 5.41) is 0. The van der Waals surface area contributed by atoms with E-state index in [1.54, 1.807) is 7.11 Å².